The normalized spacial score (nSPS) is 35.5. The topological polar surface area (TPSA) is 55.8 Å². The van der Waals surface area contributed by atoms with Crippen LogP contribution in [0.1, 0.15) is 41.6 Å². The minimum Gasteiger partial charge on any atom is -0.486 e. The number of hydrogen-bond acceptors (Lipinski definition) is 4. The number of Topliss-reactive ketones (excluding diaryl/α,β-unsaturated/α-hetero) is 1. The van der Waals surface area contributed by atoms with Crippen molar-refractivity contribution in [1.82, 2.24) is 4.90 Å². The highest BCUT2D eigenvalue weighted by Gasteiger charge is 2.71. The Balaban J connectivity index is 1.38. The SMILES string of the molecule is Cc1ccc2c(c1)C(=O)CC1(CCC3C(C(=O)N4CCCOCC4)C31)O2. The highest BCUT2D eigenvalue weighted by atomic mass is 16.5. The summed E-state index contributed by atoms with van der Waals surface area (Å²) in [7, 11) is 0. The first-order valence-electron chi connectivity index (χ1n) is 9.78. The third kappa shape index (κ3) is 2.40. The molecule has 138 valence electrons. The number of fused-ring (bicyclic) bond motifs is 3. The zero-order valence-corrected chi connectivity index (χ0v) is 15.2. The van der Waals surface area contributed by atoms with Gasteiger partial charge in [-0.15, -0.1) is 0 Å². The van der Waals surface area contributed by atoms with E-state index in [1.165, 1.54) is 0 Å². The van der Waals surface area contributed by atoms with Gasteiger partial charge in [-0.25, -0.2) is 0 Å². The van der Waals surface area contributed by atoms with Crippen molar-refractivity contribution in [2.75, 3.05) is 26.3 Å². The zero-order chi connectivity index (χ0) is 17.9. The molecule has 3 fully saturated rings. The molecule has 1 spiro atoms. The minimum absolute atomic E-state index is 0.0293. The quantitative estimate of drug-likeness (QED) is 0.777. The molecular formula is C21H25NO4. The lowest BCUT2D eigenvalue weighted by Gasteiger charge is -2.37. The maximum Gasteiger partial charge on any atom is 0.226 e. The molecule has 0 bridgehead atoms. The van der Waals surface area contributed by atoms with Gasteiger partial charge in [0.2, 0.25) is 5.91 Å². The molecule has 2 heterocycles. The molecular weight excluding hydrogens is 330 g/mol. The second-order valence-electron chi connectivity index (χ2n) is 8.31. The van der Waals surface area contributed by atoms with Crippen LogP contribution >= 0.6 is 0 Å². The predicted molar refractivity (Wildman–Crippen MR) is 95.2 cm³/mol. The number of carbonyl (C=O) groups excluding carboxylic acids is 2. The minimum atomic E-state index is -0.466. The number of ketones is 1. The molecule has 0 aromatic heterocycles. The number of hydrogen-bond donors (Lipinski definition) is 0. The van der Waals surface area contributed by atoms with Crippen LogP contribution in [0.5, 0.6) is 5.75 Å². The molecule has 2 aliphatic carbocycles. The van der Waals surface area contributed by atoms with Crippen LogP contribution in [0.4, 0.5) is 0 Å². The van der Waals surface area contributed by atoms with Gasteiger partial charge in [-0.05, 0) is 44.2 Å². The monoisotopic (exact) mass is 355 g/mol. The zero-order valence-electron chi connectivity index (χ0n) is 15.2. The van der Waals surface area contributed by atoms with Crippen LogP contribution in [0, 0.1) is 24.7 Å². The maximum atomic E-state index is 13.1. The smallest absolute Gasteiger partial charge is 0.226 e. The number of benzene rings is 1. The number of rotatable bonds is 1. The summed E-state index contributed by atoms with van der Waals surface area (Å²) in [4.78, 5) is 27.8. The lowest BCUT2D eigenvalue weighted by molar-refractivity contribution is -0.134. The lowest BCUT2D eigenvalue weighted by atomic mass is 9.84. The summed E-state index contributed by atoms with van der Waals surface area (Å²) in [5, 5.41) is 0. The number of ether oxygens (including phenoxy) is 2. The average molecular weight is 355 g/mol. The molecule has 1 saturated heterocycles. The lowest BCUT2D eigenvalue weighted by Crippen LogP contribution is -2.45. The highest BCUT2D eigenvalue weighted by Crippen LogP contribution is 2.66. The van der Waals surface area contributed by atoms with Gasteiger partial charge in [0.1, 0.15) is 11.4 Å². The Morgan fingerprint density at radius 1 is 1.27 bits per heavy atom. The van der Waals surface area contributed by atoms with Crippen molar-refractivity contribution >= 4 is 11.7 Å². The van der Waals surface area contributed by atoms with Crippen LogP contribution in [0.3, 0.4) is 0 Å². The van der Waals surface area contributed by atoms with Gasteiger partial charge in [0.15, 0.2) is 5.78 Å². The third-order valence-electron chi connectivity index (χ3n) is 6.70. The Labute approximate surface area is 153 Å². The van der Waals surface area contributed by atoms with E-state index < -0.39 is 5.60 Å². The second kappa shape index (κ2) is 5.81. The van der Waals surface area contributed by atoms with Gasteiger partial charge in [0.05, 0.1) is 18.6 Å². The number of amides is 1. The summed E-state index contributed by atoms with van der Waals surface area (Å²) in [6.07, 6.45) is 3.19. The van der Waals surface area contributed by atoms with Gasteiger partial charge < -0.3 is 14.4 Å². The summed E-state index contributed by atoms with van der Waals surface area (Å²) in [6, 6.07) is 5.83. The Hall–Kier alpha value is -1.88. The van der Waals surface area contributed by atoms with Crippen LogP contribution in [-0.2, 0) is 9.53 Å². The van der Waals surface area contributed by atoms with Crippen molar-refractivity contribution in [2.45, 2.75) is 38.2 Å². The standard InChI is InChI=1S/C21H25NO4/c1-13-3-4-17-15(11-13)16(23)12-21(26-17)6-5-14-18(19(14)21)20(24)22-7-2-9-25-10-8-22/h3-4,11,14,18-19H,2,5-10,12H2,1H3. The Bertz CT molecular complexity index is 767. The first-order chi connectivity index (χ1) is 12.6. The van der Waals surface area contributed by atoms with Crippen molar-refractivity contribution in [3.05, 3.63) is 29.3 Å². The van der Waals surface area contributed by atoms with Gasteiger partial charge >= 0.3 is 0 Å². The van der Waals surface area contributed by atoms with Crippen molar-refractivity contribution in [1.29, 1.82) is 0 Å². The van der Waals surface area contributed by atoms with Gasteiger partial charge in [0, 0.05) is 31.5 Å². The Morgan fingerprint density at radius 3 is 3.04 bits per heavy atom. The Morgan fingerprint density at radius 2 is 2.15 bits per heavy atom. The molecule has 0 radical (unpaired) electrons. The molecule has 0 N–H and O–H groups in total. The molecule has 26 heavy (non-hydrogen) atoms. The van der Waals surface area contributed by atoms with E-state index in [4.69, 9.17) is 9.47 Å². The second-order valence-corrected chi connectivity index (χ2v) is 8.31. The fourth-order valence-electron chi connectivity index (χ4n) is 5.44. The summed E-state index contributed by atoms with van der Waals surface area (Å²) in [5.41, 5.74) is 1.31. The van der Waals surface area contributed by atoms with Crippen LogP contribution in [0.15, 0.2) is 18.2 Å². The van der Waals surface area contributed by atoms with Crippen LogP contribution < -0.4 is 4.74 Å². The van der Waals surface area contributed by atoms with Crippen molar-refractivity contribution < 1.29 is 19.1 Å². The maximum absolute atomic E-state index is 13.1. The predicted octanol–water partition coefficient (Wildman–Crippen LogP) is 2.60. The summed E-state index contributed by atoms with van der Waals surface area (Å²) in [5.74, 6) is 1.71. The third-order valence-corrected chi connectivity index (χ3v) is 6.70. The first kappa shape index (κ1) is 16.3. The molecule has 1 aromatic rings. The Kier molecular flexibility index (Phi) is 3.64. The van der Waals surface area contributed by atoms with Gasteiger partial charge in [-0.2, -0.15) is 0 Å². The van der Waals surface area contributed by atoms with E-state index in [9.17, 15) is 9.59 Å². The number of nitrogens with zero attached hydrogens (tertiary/aromatic N) is 1. The van der Waals surface area contributed by atoms with Crippen molar-refractivity contribution in [3.63, 3.8) is 0 Å². The molecule has 4 aliphatic rings. The summed E-state index contributed by atoms with van der Waals surface area (Å²) >= 11 is 0. The van der Waals surface area contributed by atoms with E-state index >= 15 is 0 Å². The van der Waals surface area contributed by atoms with Gasteiger partial charge in [0.25, 0.3) is 0 Å². The van der Waals surface area contributed by atoms with E-state index in [0.29, 0.717) is 36.8 Å². The average Bonchev–Trinajstić information content (AvgIpc) is 3.34. The largest absolute Gasteiger partial charge is 0.486 e. The van der Waals surface area contributed by atoms with Gasteiger partial charge in [-0.1, -0.05) is 11.6 Å². The molecule has 1 aromatic carbocycles. The van der Waals surface area contributed by atoms with Crippen LogP contribution in [0.2, 0.25) is 0 Å². The molecule has 4 atom stereocenters. The molecule has 2 saturated carbocycles. The van der Waals surface area contributed by atoms with Crippen molar-refractivity contribution in [3.8, 4) is 5.75 Å². The number of aryl methyl sites for hydroxylation is 1. The van der Waals surface area contributed by atoms with Crippen LogP contribution in [0.25, 0.3) is 0 Å². The number of carbonyl (C=O) groups is 2. The van der Waals surface area contributed by atoms with Crippen molar-refractivity contribution in [2.24, 2.45) is 17.8 Å². The highest BCUT2D eigenvalue weighted by molar-refractivity contribution is 6.01. The van der Waals surface area contributed by atoms with E-state index in [1.807, 2.05) is 30.0 Å². The molecule has 5 heteroatoms. The summed E-state index contributed by atoms with van der Waals surface area (Å²) in [6.45, 7) is 4.82. The van der Waals surface area contributed by atoms with E-state index in [1.54, 1.807) is 0 Å². The first-order valence-corrected chi connectivity index (χ1v) is 9.78. The van der Waals surface area contributed by atoms with E-state index in [-0.39, 0.29) is 23.5 Å². The molecule has 4 unspecified atom stereocenters. The molecule has 2 aliphatic heterocycles. The van der Waals surface area contributed by atoms with Crippen LogP contribution in [-0.4, -0.2) is 48.5 Å². The summed E-state index contributed by atoms with van der Waals surface area (Å²) < 4.78 is 11.9. The fourth-order valence-corrected chi connectivity index (χ4v) is 5.44. The molecule has 1 amide bonds. The molecule has 5 rings (SSSR count). The molecule has 5 nitrogen and oxygen atoms in total. The van der Waals surface area contributed by atoms with E-state index in [0.717, 1.165) is 38.0 Å². The van der Waals surface area contributed by atoms with Gasteiger partial charge in [-0.3, -0.25) is 9.59 Å². The van der Waals surface area contributed by atoms with E-state index in [2.05, 4.69) is 0 Å². The fraction of sp³-hybridized carbons (Fsp3) is 0.619.